The topological polar surface area (TPSA) is 20.3 Å². The quantitative estimate of drug-likeness (QED) is 0.777. The first kappa shape index (κ1) is 14.6. The second-order valence-corrected chi connectivity index (χ2v) is 6.87. The lowest BCUT2D eigenvalue weighted by Gasteiger charge is -2.29. The Hall–Kier alpha value is -1.32. The Balaban J connectivity index is 1.87. The lowest BCUT2D eigenvalue weighted by molar-refractivity contribution is 0.0667. The Kier molecular flexibility index (Phi) is 4.61. The predicted octanol–water partition coefficient (Wildman–Crippen LogP) is 4.99. The third-order valence-electron chi connectivity index (χ3n) is 4.04. The van der Waals surface area contributed by atoms with E-state index in [1.807, 2.05) is 29.2 Å². The van der Waals surface area contributed by atoms with Crippen molar-refractivity contribution < 1.29 is 4.79 Å². The number of amides is 1. The lowest BCUT2D eigenvalue weighted by Crippen LogP contribution is -2.38. The molecule has 1 aliphatic rings. The van der Waals surface area contributed by atoms with E-state index in [1.54, 1.807) is 17.4 Å². The predicted molar refractivity (Wildman–Crippen MR) is 87.9 cm³/mol. The number of carbonyl (C=O) groups is 1. The van der Waals surface area contributed by atoms with Crippen molar-refractivity contribution in [3.05, 3.63) is 57.2 Å². The molecule has 2 nitrogen and oxygen atoms in total. The number of benzene rings is 1. The number of hydrogen-bond acceptors (Lipinski definition) is 2. The normalized spacial score (nSPS) is 15.3. The molecule has 1 aromatic carbocycles. The number of halogens is 1. The first-order valence-corrected chi connectivity index (χ1v) is 8.59. The van der Waals surface area contributed by atoms with Crippen molar-refractivity contribution in [3.63, 3.8) is 0 Å². The zero-order chi connectivity index (χ0) is 14.7. The highest BCUT2D eigenvalue weighted by molar-refractivity contribution is 7.09. The van der Waals surface area contributed by atoms with Gasteiger partial charge in [0, 0.05) is 10.9 Å². The number of thiophene rings is 1. The molecule has 0 bridgehead atoms. The molecule has 2 aromatic rings. The molecule has 0 N–H and O–H groups in total. The first-order chi connectivity index (χ1) is 10.3. The summed E-state index contributed by atoms with van der Waals surface area (Å²) in [7, 11) is 0. The van der Waals surface area contributed by atoms with Crippen molar-refractivity contribution in [2.45, 2.75) is 38.3 Å². The molecule has 0 radical (unpaired) electrons. The summed E-state index contributed by atoms with van der Waals surface area (Å²) < 4.78 is 0. The molecule has 1 heterocycles. The van der Waals surface area contributed by atoms with E-state index < -0.39 is 0 Å². The smallest absolute Gasteiger partial charge is 0.255 e. The maximum absolute atomic E-state index is 12.9. The minimum atomic E-state index is 0.0564. The third kappa shape index (κ3) is 3.30. The first-order valence-electron chi connectivity index (χ1n) is 7.33. The zero-order valence-electron chi connectivity index (χ0n) is 11.8. The van der Waals surface area contributed by atoms with E-state index in [9.17, 15) is 4.79 Å². The van der Waals surface area contributed by atoms with Gasteiger partial charge in [-0.05, 0) is 36.4 Å². The standard InChI is InChI=1S/C17H18ClNOS/c18-16-10-4-3-9-15(16)17(20)19(13-6-1-2-7-13)12-14-8-5-11-21-14/h3-5,8-11,13H,1-2,6-7,12H2. The van der Waals surface area contributed by atoms with Crippen LogP contribution >= 0.6 is 22.9 Å². The van der Waals surface area contributed by atoms with Crippen molar-refractivity contribution in [3.8, 4) is 0 Å². The number of nitrogens with zero attached hydrogens (tertiary/aromatic N) is 1. The van der Waals surface area contributed by atoms with Crippen LogP contribution in [0.5, 0.6) is 0 Å². The van der Waals surface area contributed by atoms with Gasteiger partial charge < -0.3 is 4.90 Å². The maximum Gasteiger partial charge on any atom is 0.255 e. The highest BCUT2D eigenvalue weighted by atomic mass is 35.5. The van der Waals surface area contributed by atoms with Crippen LogP contribution in [0.4, 0.5) is 0 Å². The highest BCUT2D eigenvalue weighted by Crippen LogP contribution is 2.28. The van der Waals surface area contributed by atoms with Gasteiger partial charge in [-0.25, -0.2) is 0 Å². The number of carbonyl (C=O) groups excluding carboxylic acids is 1. The fourth-order valence-corrected chi connectivity index (χ4v) is 3.86. The van der Waals surface area contributed by atoms with Crippen LogP contribution in [0, 0.1) is 0 Å². The Morgan fingerprint density at radius 1 is 1.19 bits per heavy atom. The molecule has 1 aromatic heterocycles. The van der Waals surface area contributed by atoms with Crippen LogP contribution in [0.2, 0.25) is 5.02 Å². The summed E-state index contributed by atoms with van der Waals surface area (Å²) in [6.45, 7) is 0.687. The molecule has 0 aliphatic heterocycles. The molecule has 1 saturated carbocycles. The van der Waals surface area contributed by atoms with Gasteiger partial charge in [0.25, 0.3) is 5.91 Å². The second kappa shape index (κ2) is 6.63. The molecule has 3 rings (SSSR count). The van der Waals surface area contributed by atoms with Gasteiger partial charge in [0.15, 0.2) is 0 Å². The maximum atomic E-state index is 12.9. The Morgan fingerprint density at radius 3 is 2.62 bits per heavy atom. The van der Waals surface area contributed by atoms with E-state index in [4.69, 9.17) is 11.6 Å². The van der Waals surface area contributed by atoms with Crippen LogP contribution in [0.25, 0.3) is 0 Å². The molecule has 1 amide bonds. The molecule has 0 unspecified atom stereocenters. The summed E-state index contributed by atoms with van der Waals surface area (Å²) in [5, 5.41) is 2.60. The summed E-state index contributed by atoms with van der Waals surface area (Å²) in [4.78, 5) is 16.2. The average Bonchev–Trinajstić information content (AvgIpc) is 3.18. The van der Waals surface area contributed by atoms with Crippen LogP contribution in [0.3, 0.4) is 0 Å². The molecule has 110 valence electrons. The van der Waals surface area contributed by atoms with Crippen LogP contribution in [-0.2, 0) is 6.54 Å². The monoisotopic (exact) mass is 319 g/mol. The summed E-state index contributed by atoms with van der Waals surface area (Å²) in [6, 6.07) is 11.8. The van der Waals surface area contributed by atoms with Gasteiger partial charge >= 0.3 is 0 Å². The fourth-order valence-electron chi connectivity index (χ4n) is 2.94. The van der Waals surface area contributed by atoms with Crippen LogP contribution in [-0.4, -0.2) is 16.8 Å². The molecule has 1 aliphatic carbocycles. The van der Waals surface area contributed by atoms with E-state index in [0.29, 0.717) is 23.2 Å². The molecule has 4 heteroatoms. The zero-order valence-corrected chi connectivity index (χ0v) is 13.4. The van der Waals surface area contributed by atoms with Gasteiger partial charge in [-0.3, -0.25) is 4.79 Å². The van der Waals surface area contributed by atoms with Gasteiger partial charge in [-0.15, -0.1) is 11.3 Å². The number of rotatable bonds is 4. The molecule has 0 atom stereocenters. The lowest BCUT2D eigenvalue weighted by atomic mass is 10.1. The van der Waals surface area contributed by atoms with E-state index in [2.05, 4.69) is 11.4 Å². The largest absolute Gasteiger partial charge is 0.330 e. The Bertz CT molecular complexity index is 605. The van der Waals surface area contributed by atoms with Crippen LogP contribution < -0.4 is 0 Å². The molecule has 21 heavy (non-hydrogen) atoms. The molecule has 0 saturated heterocycles. The summed E-state index contributed by atoms with van der Waals surface area (Å²) in [5.74, 6) is 0.0564. The van der Waals surface area contributed by atoms with Gasteiger partial charge in [0.05, 0.1) is 17.1 Å². The van der Waals surface area contributed by atoms with Gasteiger partial charge in [-0.2, -0.15) is 0 Å². The van der Waals surface area contributed by atoms with Crippen LogP contribution in [0.15, 0.2) is 41.8 Å². The minimum absolute atomic E-state index is 0.0564. The molecular weight excluding hydrogens is 302 g/mol. The Labute approximate surface area is 134 Å². The summed E-state index contributed by atoms with van der Waals surface area (Å²) >= 11 is 7.91. The summed E-state index contributed by atoms with van der Waals surface area (Å²) in [6.07, 6.45) is 4.62. The van der Waals surface area contributed by atoms with Crippen molar-refractivity contribution in [1.29, 1.82) is 0 Å². The van der Waals surface area contributed by atoms with Gasteiger partial charge in [0.1, 0.15) is 0 Å². The van der Waals surface area contributed by atoms with Crippen molar-refractivity contribution in [2.75, 3.05) is 0 Å². The van der Waals surface area contributed by atoms with Crippen molar-refractivity contribution in [2.24, 2.45) is 0 Å². The minimum Gasteiger partial charge on any atom is -0.330 e. The molecule has 1 fully saturated rings. The SMILES string of the molecule is O=C(c1ccccc1Cl)N(Cc1cccs1)C1CCCC1. The molecule has 0 spiro atoms. The Morgan fingerprint density at radius 2 is 1.95 bits per heavy atom. The van der Waals surface area contributed by atoms with E-state index in [-0.39, 0.29) is 5.91 Å². The van der Waals surface area contributed by atoms with E-state index in [1.165, 1.54) is 17.7 Å². The van der Waals surface area contributed by atoms with Gasteiger partial charge in [-0.1, -0.05) is 42.6 Å². The van der Waals surface area contributed by atoms with Gasteiger partial charge in [0.2, 0.25) is 0 Å². The molecular formula is C17H18ClNOS. The summed E-state index contributed by atoms with van der Waals surface area (Å²) in [5.41, 5.74) is 0.614. The number of hydrogen-bond donors (Lipinski definition) is 0. The van der Waals surface area contributed by atoms with E-state index >= 15 is 0 Å². The average molecular weight is 320 g/mol. The fraction of sp³-hybridized carbons (Fsp3) is 0.353. The highest BCUT2D eigenvalue weighted by Gasteiger charge is 2.28. The van der Waals surface area contributed by atoms with Crippen molar-refractivity contribution >= 4 is 28.8 Å². The van der Waals surface area contributed by atoms with Crippen LogP contribution in [0.1, 0.15) is 40.9 Å². The van der Waals surface area contributed by atoms with E-state index in [0.717, 1.165) is 12.8 Å². The second-order valence-electron chi connectivity index (χ2n) is 5.43. The van der Waals surface area contributed by atoms with Crippen molar-refractivity contribution in [1.82, 2.24) is 4.90 Å². The third-order valence-corrected chi connectivity index (χ3v) is 5.23.